The van der Waals surface area contributed by atoms with Crippen LogP contribution in [0, 0.1) is 12.7 Å². The first-order valence-electron chi connectivity index (χ1n) is 4.98. The molecular formula is C12H17FN2. The predicted molar refractivity (Wildman–Crippen MR) is 61.6 cm³/mol. The summed E-state index contributed by atoms with van der Waals surface area (Å²) in [6.07, 6.45) is 0. The molecule has 3 heteroatoms. The standard InChI is InChI=1S/C12H17FN2/c1-4-15(14)8-10(3)12-6-5-11(13)7-9(12)2/h5-7H,3-4,8,14H2,1-2H3. The minimum absolute atomic E-state index is 0.218. The zero-order chi connectivity index (χ0) is 11.4. The van der Waals surface area contributed by atoms with Crippen molar-refractivity contribution in [2.45, 2.75) is 13.8 Å². The predicted octanol–water partition coefficient (Wildman–Crippen LogP) is 2.34. The molecule has 1 aromatic rings. The smallest absolute Gasteiger partial charge is 0.123 e. The molecule has 0 saturated carbocycles. The van der Waals surface area contributed by atoms with Gasteiger partial charge in [0.1, 0.15) is 5.82 Å². The fourth-order valence-electron chi connectivity index (χ4n) is 1.47. The van der Waals surface area contributed by atoms with Crippen LogP contribution in [-0.4, -0.2) is 18.1 Å². The zero-order valence-corrected chi connectivity index (χ0v) is 9.26. The van der Waals surface area contributed by atoms with E-state index >= 15 is 0 Å². The first-order chi connectivity index (χ1) is 7.04. The third-order valence-electron chi connectivity index (χ3n) is 2.37. The first kappa shape index (κ1) is 11.9. The number of likely N-dealkylation sites (N-methyl/N-ethyl adjacent to an activating group) is 1. The van der Waals surface area contributed by atoms with Crippen LogP contribution in [-0.2, 0) is 0 Å². The Balaban J connectivity index is 2.82. The number of hydrazine groups is 1. The lowest BCUT2D eigenvalue weighted by Crippen LogP contribution is -2.32. The van der Waals surface area contributed by atoms with Crippen LogP contribution in [0.2, 0.25) is 0 Å². The van der Waals surface area contributed by atoms with E-state index in [1.165, 1.54) is 12.1 Å². The molecule has 1 aromatic carbocycles. The molecule has 2 N–H and O–H groups in total. The van der Waals surface area contributed by atoms with Crippen LogP contribution < -0.4 is 5.84 Å². The van der Waals surface area contributed by atoms with Gasteiger partial charge in [0.15, 0.2) is 0 Å². The van der Waals surface area contributed by atoms with Gasteiger partial charge in [-0.1, -0.05) is 19.6 Å². The van der Waals surface area contributed by atoms with Crippen LogP contribution >= 0.6 is 0 Å². The fraction of sp³-hybridized carbons (Fsp3) is 0.333. The van der Waals surface area contributed by atoms with Gasteiger partial charge in [-0.3, -0.25) is 5.84 Å². The molecule has 0 spiro atoms. The van der Waals surface area contributed by atoms with E-state index in [9.17, 15) is 4.39 Å². The van der Waals surface area contributed by atoms with E-state index in [0.29, 0.717) is 6.54 Å². The maximum absolute atomic E-state index is 12.9. The SMILES string of the molecule is C=C(CN(N)CC)c1ccc(F)cc1C. The van der Waals surface area contributed by atoms with E-state index < -0.39 is 0 Å². The molecule has 0 aliphatic carbocycles. The van der Waals surface area contributed by atoms with Crippen LogP contribution in [0.5, 0.6) is 0 Å². The van der Waals surface area contributed by atoms with Crippen molar-refractivity contribution in [1.82, 2.24) is 5.01 Å². The third-order valence-corrected chi connectivity index (χ3v) is 2.37. The summed E-state index contributed by atoms with van der Waals surface area (Å²) >= 11 is 0. The lowest BCUT2D eigenvalue weighted by atomic mass is 10.0. The number of rotatable bonds is 4. The van der Waals surface area contributed by atoms with E-state index in [-0.39, 0.29) is 5.82 Å². The van der Waals surface area contributed by atoms with E-state index in [4.69, 9.17) is 5.84 Å². The monoisotopic (exact) mass is 208 g/mol. The van der Waals surface area contributed by atoms with Crippen molar-refractivity contribution < 1.29 is 4.39 Å². The second kappa shape index (κ2) is 5.05. The van der Waals surface area contributed by atoms with Gasteiger partial charge in [-0.05, 0) is 35.8 Å². The highest BCUT2D eigenvalue weighted by atomic mass is 19.1. The van der Waals surface area contributed by atoms with Crippen molar-refractivity contribution in [2.75, 3.05) is 13.1 Å². The average Bonchev–Trinajstić information content (AvgIpc) is 2.17. The number of nitrogens with two attached hydrogens (primary N) is 1. The molecule has 0 radical (unpaired) electrons. The second-order valence-corrected chi connectivity index (χ2v) is 3.63. The lowest BCUT2D eigenvalue weighted by Gasteiger charge is -2.16. The van der Waals surface area contributed by atoms with Crippen molar-refractivity contribution >= 4 is 5.57 Å². The quantitative estimate of drug-likeness (QED) is 0.608. The highest BCUT2D eigenvalue weighted by Crippen LogP contribution is 2.18. The molecule has 0 amide bonds. The number of aryl methyl sites for hydroxylation is 1. The van der Waals surface area contributed by atoms with Crippen molar-refractivity contribution in [3.05, 3.63) is 41.7 Å². The van der Waals surface area contributed by atoms with Gasteiger partial charge >= 0.3 is 0 Å². The van der Waals surface area contributed by atoms with Gasteiger partial charge in [0.25, 0.3) is 0 Å². The van der Waals surface area contributed by atoms with Gasteiger partial charge in [0.05, 0.1) is 0 Å². The highest BCUT2D eigenvalue weighted by molar-refractivity contribution is 5.67. The summed E-state index contributed by atoms with van der Waals surface area (Å²) < 4.78 is 12.9. The molecule has 0 aliphatic rings. The molecule has 0 unspecified atom stereocenters. The Labute approximate surface area is 90.2 Å². The summed E-state index contributed by atoms with van der Waals surface area (Å²) in [5.74, 6) is 5.47. The van der Waals surface area contributed by atoms with Crippen LogP contribution in [0.25, 0.3) is 5.57 Å². The molecule has 0 bridgehead atoms. The number of benzene rings is 1. The Bertz CT molecular complexity index is 361. The molecule has 0 aliphatic heterocycles. The Kier molecular flexibility index (Phi) is 4.00. The van der Waals surface area contributed by atoms with Gasteiger partial charge in [0.2, 0.25) is 0 Å². The van der Waals surface area contributed by atoms with E-state index in [1.54, 1.807) is 11.1 Å². The minimum atomic E-state index is -0.218. The minimum Gasteiger partial charge on any atom is -0.268 e. The summed E-state index contributed by atoms with van der Waals surface area (Å²) in [7, 11) is 0. The van der Waals surface area contributed by atoms with Crippen LogP contribution in [0.15, 0.2) is 24.8 Å². The third kappa shape index (κ3) is 3.15. The summed E-state index contributed by atoms with van der Waals surface area (Å²) in [4.78, 5) is 0. The fourth-order valence-corrected chi connectivity index (χ4v) is 1.47. The number of hydrogen-bond acceptors (Lipinski definition) is 2. The zero-order valence-electron chi connectivity index (χ0n) is 9.26. The van der Waals surface area contributed by atoms with E-state index in [0.717, 1.165) is 23.2 Å². The molecular weight excluding hydrogens is 191 g/mol. The lowest BCUT2D eigenvalue weighted by molar-refractivity contribution is 0.338. The van der Waals surface area contributed by atoms with Gasteiger partial charge in [0, 0.05) is 13.1 Å². The molecule has 2 nitrogen and oxygen atoms in total. The van der Waals surface area contributed by atoms with Gasteiger partial charge in [-0.15, -0.1) is 0 Å². The van der Waals surface area contributed by atoms with Gasteiger partial charge in [-0.25, -0.2) is 9.40 Å². The average molecular weight is 208 g/mol. The largest absolute Gasteiger partial charge is 0.268 e. The highest BCUT2D eigenvalue weighted by Gasteiger charge is 2.06. The van der Waals surface area contributed by atoms with Crippen LogP contribution in [0.1, 0.15) is 18.1 Å². The van der Waals surface area contributed by atoms with Gasteiger partial charge in [-0.2, -0.15) is 0 Å². The topological polar surface area (TPSA) is 29.3 Å². The number of hydrogen-bond donors (Lipinski definition) is 1. The van der Waals surface area contributed by atoms with Crippen LogP contribution in [0.3, 0.4) is 0 Å². The molecule has 0 fully saturated rings. The van der Waals surface area contributed by atoms with Gasteiger partial charge < -0.3 is 0 Å². The molecule has 0 atom stereocenters. The first-order valence-corrected chi connectivity index (χ1v) is 4.98. The summed E-state index contributed by atoms with van der Waals surface area (Å²) in [6, 6.07) is 4.70. The summed E-state index contributed by atoms with van der Waals surface area (Å²) in [5, 5.41) is 1.67. The Morgan fingerprint density at radius 2 is 2.20 bits per heavy atom. The molecule has 1 rings (SSSR count). The van der Waals surface area contributed by atoms with Crippen molar-refractivity contribution in [2.24, 2.45) is 5.84 Å². The maximum atomic E-state index is 12.9. The normalized spacial score (nSPS) is 10.7. The van der Waals surface area contributed by atoms with Crippen molar-refractivity contribution in [3.63, 3.8) is 0 Å². The van der Waals surface area contributed by atoms with Crippen molar-refractivity contribution in [1.29, 1.82) is 0 Å². The number of halogens is 1. The summed E-state index contributed by atoms with van der Waals surface area (Å²) in [5.41, 5.74) is 2.78. The molecule has 0 aromatic heterocycles. The van der Waals surface area contributed by atoms with E-state index in [2.05, 4.69) is 6.58 Å². The number of nitrogens with zero attached hydrogens (tertiary/aromatic N) is 1. The Morgan fingerprint density at radius 1 is 1.53 bits per heavy atom. The van der Waals surface area contributed by atoms with E-state index in [1.807, 2.05) is 13.8 Å². The van der Waals surface area contributed by atoms with Crippen molar-refractivity contribution in [3.8, 4) is 0 Å². The Hall–Kier alpha value is -1.19. The molecule has 82 valence electrons. The Morgan fingerprint density at radius 3 is 2.73 bits per heavy atom. The summed E-state index contributed by atoms with van der Waals surface area (Å²) in [6.45, 7) is 9.17. The second-order valence-electron chi connectivity index (χ2n) is 3.63. The molecule has 15 heavy (non-hydrogen) atoms. The van der Waals surface area contributed by atoms with Crippen LogP contribution in [0.4, 0.5) is 4.39 Å². The maximum Gasteiger partial charge on any atom is 0.123 e. The molecule has 0 saturated heterocycles. The molecule has 0 heterocycles.